The lowest BCUT2D eigenvalue weighted by molar-refractivity contribution is -0.124. The van der Waals surface area contributed by atoms with E-state index in [1.807, 2.05) is 31.2 Å². The van der Waals surface area contributed by atoms with Gasteiger partial charge in [0.2, 0.25) is 11.8 Å². The van der Waals surface area contributed by atoms with Gasteiger partial charge in [0, 0.05) is 17.4 Å². The fraction of sp³-hybridized carbons (Fsp3) is 0.300. The molecule has 0 aromatic heterocycles. The molecule has 0 fully saturated rings. The number of anilines is 1. The Balaban J connectivity index is 1.64. The number of fused-ring (bicyclic) bond motifs is 1. The van der Waals surface area contributed by atoms with Gasteiger partial charge in [0.1, 0.15) is 0 Å². The molecule has 2 N–H and O–H groups in total. The van der Waals surface area contributed by atoms with Crippen molar-refractivity contribution < 1.29 is 18.0 Å². The first-order chi connectivity index (χ1) is 13.2. The number of hydrogen-bond acceptors (Lipinski definition) is 5. The molecule has 2 aromatic carbocycles. The minimum Gasteiger partial charge on any atom is -0.352 e. The Labute approximate surface area is 169 Å². The van der Waals surface area contributed by atoms with Crippen molar-refractivity contribution in [2.75, 3.05) is 16.8 Å². The Hall–Kier alpha value is -2.32. The molecule has 0 spiro atoms. The van der Waals surface area contributed by atoms with Gasteiger partial charge in [0.05, 0.1) is 22.1 Å². The van der Waals surface area contributed by atoms with Crippen LogP contribution < -0.4 is 10.6 Å². The number of rotatable bonds is 6. The average Bonchev–Trinajstić information content (AvgIpc) is 2.66. The van der Waals surface area contributed by atoms with Crippen LogP contribution in [0.25, 0.3) is 0 Å². The summed E-state index contributed by atoms with van der Waals surface area (Å²) in [7, 11) is -3.67. The van der Waals surface area contributed by atoms with E-state index in [-0.39, 0.29) is 22.5 Å². The van der Waals surface area contributed by atoms with Gasteiger partial charge in [0.15, 0.2) is 9.84 Å². The van der Waals surface area contributed by atoms with Crippen LogP contribution in [-0.4, -0.2) is 31.7 Å². The topological polar surface area (TPSA) is 92.3 Å². The van der Waals surface area contributed by atoms with E-state index in [1.165, 1.54) is 23.9 Å². The van der Waals surface area contributed by atoms with Crippen molar-refractivity contribution in [3.05, 3.63) is 53.6 Å². The van der Waals surface area contributed by atoms with Crippen molar-refractivity contribution >= 4 is 39.1 Å². The molecule has 1 aliphatic rings. The van der Waals surface area contributed by atoms with E-state index in [9.17, 15) is 18.0 Å². The van der Waals surface area contributed by atoms with Crippen molar-refractivity contribution in [2.24, 2.45) is 5.92 Å². The van der Waals surface area contributed by atoms with Crippen LogP contribution in [0.5, 0.6) is 0 Å². The Kier molecular flexibility index (Phi) is 6.10. The maximum Gasteiger partial charge on any atom is 0.234 e. The molecular weight excluding hydrogens is 396 g/mol. The van der Waals surface area contributed by atoms with E-state index in [1.54, 1.807) is 13.0 Å². The smallest absolute Gasteiger partial charge is 0.234 e. The lowest BCUT2D eigenvalue weighted by Gasteiger charge is -2.18. The predicted octanol–water partition coefficient (Wildman–Crippen LogP) is 2.77. The zero-order chi connectivity index (χ0) is 20.3. The van der Waals surface area contributed by atoms with E-state index >= 15 is 0 Å². The van der Waals surface area contributed by atoms with Gasteiger partial charge in [-0.25, -0.2) is 8.42 Å². The molecule has 3 rings (SSSR count). The highest BCUT2D eigenvalue weighted by Gasteiger charge is 2.25. The van der Waals surface area contributed by atoms with Crippen LogP contribution in [0.15, 0.2) is 52.3 Å². The summed E-state index contributed by atoms with van der Waals surface area (Å²) in [6.45, 7) is 3.93. The van der Waals surface area contributed by atoms with Crippen molar-refractivity contribution in [3.8, 4) is 0 Å². The van der Waals surface area contributed by atoms with Gasteiger partial charge in [-0.1, -0.05) is 36.8 Å². The van der Waals surface area contributed by atoms with E-state index in [4.69, 9.17) is 0 Å². The number of carbonyl (C=O) groups is 2. The zero-order valence-electron chi connectivity index (χ0n) is 15.7. The first-order valence-corrected chi connectivity index (χ1v) is 11.5. The van der Waals surface area contributed by atoms with Gasteiger partial charge in [-0.05, 0) is 30.7 Å². The number of benzene rings is 2. The molecule has 2 amide bonds. The Bertz CT molecular complexity index is 1000. The summed E-state index contributed by atoms with van der Waals surface area (Å²) in [6, 6.07) is 12.5. The number of aryl methyl sites for hydroxylation is 1. The van der Waals surface area contributed by atoms with E-state index < -0.39 is 15.8 Å². The number of sulfone groups is 1. The van der Waals surface area contributed by atoms with Crippen LogP contribution >= 0.6 is 11.8 Å². The highest BCUT2D eigenvalue weighted by atomic mass is 32.2. The molecule has 0 radical (unpaired) electrons. The summed E-state index contributed by atoms with van der Waals surface area (Å²) in [5.41, 5.74) is 2.59. The number of amides is 2. The lowest BCUT2D eigenvalue weighted by atomic mass is 10.1. The maximum absolute atomic E-state index is 12.7. The van der Waals surface area contributed by atoms with Crippen LogP contribution in [0, 0.1) is 12.8 Å². The molecule has 1 heterocycles. The number of nitrogens with one attached hydrogen (secondary N) is 2. The largest absolute Gasteiger partial charge is 0.352 e. The van der Waals surface area contributed by atoms with Gasteiger partial charge in [0.25, 0.3) is 0 Å². The van der Waals surface area contributed by atoms with Crippen LogP contribution in [0.3, 0.4) is 0 Å². The number of hydrogen-bond donors (Lipinski definition) is 2. The van der Waals surface area contributed by atoms with Crippen LogP contribution in [0.2, 0.25) is 0 Å². The minimum absolute atomic E-state index is 0.104. The first-order valence-electron chi connectivity index (χ1n) is 8.87. The van der Waals surface area contributed by atoms with Crippen molar-refractivity contribution in [1.29, 1.82) is 0 Å². The normalized spacial score (nSPS) is 14.7. The molecule has 0 bridgehead atoms. The number of thioether (sulfide) groups is 1. The molecular formula is C20H22N2O4S2. The monoisotopic (exact) mass is 418 g/mol. The molecule has 0 saturated heterocycles. The highest BCUT2D eigenvalue weighted by molar-refractivity contribution is 8.00. The van der Waals surface area contributed by atoms with E-state index in [2.05, 4.69) is 10.6 Å². The van der Waals surface area contributed by atoms with Gasteiger partial charge in [-0.2, -0.15) is 0 Å². The van der Waals surface area contributed by atoms with Crippen molar-refractivity contribution in [3.63, 3.8) is 0 Å². The van der Waals surface area contributed by atoms with Crippen LogP contribution in [0.4, 0.5) is 5.69 Å². The minimum atomic E-state index is -3.67. The molecule has 1 unspecified atom stereocenters. The third kappa shape index (κ3) is 4.94. The van der Waals surface area contributed by atoms with Crippen molar-refractivity contribution in [1.82, 2.24) is 5.32 Å². The first kappa shape index (κ1) is 20.4. The Morgan fingerprint density at radius 3 is 2.64 bits per heavy atom. The van der Waals surface area contributed by atoms with E-state index in [0.29, 0.717) is 18.0 Å². The van der Waals surface area contributed by atoms with E-state index in [0.717, 1.165) is 16.0 Å². The molecule has 1 aliphatic heterocycles. The van der Waals surface area contributed by atoms with Gasteiger partial charge in [-0.15, -0.1) is 11.8 Å². The highest BCUT2D eigenvalue weighted by Crippen LogP contribution is 2.33. The molecule has 6 nitrogen and oxygen atoms in total. The lowest BCUT2D eigenvalue weighted by Crippen LogP contribution is -2.32. The average molecular weight is 419 g/mol. The standard InChI is InChI=1S/C20H22N2O4S2/c1-13-3-5-15(6-4-13)10-21-20(24)14(2)12-28(25,26)16-7-8-18-17(9-16)22-19(23)11-27-18/h3-9,14H,10-12H2,1-2H3,(H,21,24)(H,22,23). The summed E-state index contributed by atoms with van der Waals surface area (Å²) >= 11 is 1.37. The third-order valence-corrected chi connectivity index (χ3v) is 7.43. The Morgan fingerprint density at radius 2 is 1.93 bits per heavy atom. The second kappa shape index (κ2) is 8.36. The summed E-state index contributed by atoms with van der Waals surface area (Å²) in [6.07, 6.45) is 0. The summed E-state index contributed by atoms with van der Waals surface area (Å²) in [5.74, 6) is -1.15. The number of carbonyl (C=O) groups excluding carboxylic acids is 2. The predicted molar refractivity (Wildman–Crippen MR) is 110 cm³/mol. The molecule has 8 heteroatoms. The molecule has 0 aliphatic carbocycles. The zero-order valence-corrected chi connectivity index (χ0v) is 17.3. The second-order valence-electron chi connectivity index (χ2n) is 6.88. The third-order valence-electron chi connectivity index (χ3n) is 4.45. The summed E-state index contributed by atoms with van der Waals surface area (Å²) < 4.78 is 25.5. The fourth-order valence-electron chi connectivity index (χ4n) is 2.83. The Morgan fingerprint density at radius 1 is 1.21 bits per heavy atom. The SMILES string of the molecule is Cc1ccc(CNC(=O)C(C)CS(=O)(=O)c2ccc3c(c2)NC(=O)CS3)cc1. The van der Waals surface area contributed by atoms with Crippen LogP contribution in [0.1, 0.15) is 18.1 Å². The fourth-order valence-corrected chi connectivity index (χ4v) is 5.19. The maximum atomic E-state index is 12.7. The molecule has 28 heavy (non-hydrogen) atoms. The van der Waals surface area contributed by atoms with Gasteiger partial charge < -0.3 is 10.6 Å². The second-order valence-corrected chi connectivity index (χ2v) is 9.93. The summed E-state index contributed by atoms with van der Waals surface area (Å²) in [5, 5.41) is 5.47. The van der Waals surface area contributed by atoms with Crippen LogP contribution in [-0.2, 0) is 26.0 Å². The molecule has 148 valence electrons. The summed E-state index contributed by atoms with van der Waals surface area (Å²) in [4.78, 5) is 24.8. The quantitative estimate of drug-likeness (QED) is 0.753. The van der Waals surface area contributed by atoms with Gasteiger partial charge in [-0.3, -0.25) is 9.59 Å². The van der Waals surface area contributed by atoms with Crippen molar-refractivity contribution in [2.45, 2.75) is 30.2 Å². The molecule has 2 aromatic rings. The molecule has 1 atom stereocenters. The van der Waals surface area contributed by atoms with Gasteiger partial charge >= 0.3 is 0 Å². The molecule has 0 saturated carbocycles.